The summed E-state index contributed by atoms with van der Waals surface area (Å²) in [5.74, 6) is 0. The Labute approximate surface area is 77.9 Å². The topological polar surface area (TPSA) is 12.0 Å². The quantitative estimate of drug-likeness (QED) is 0.574. The number of thioether (sulfide) groups is 1. The lowest BCUT2D eigenvalue weighted by Gasteiger charge is -1.96. The second-order valence-electron chi connectivity index (χ2n) is 2.25. The summed E-state index contributed by atoms with van der Waals surface area (Å²) in [4.78, 5) is 1.28. The molecule has 1 nitrogen and oxygen atoms in total. The largest absolute Gasteiger partial charge is 0.365 e. The highest BCUT2D eigenvalue weighted by molar-refractivity contribution is 8.04. The third-order valence-corrected chi connectivity index (χ3v) is 2.48. The first-order chi connectivity index (χ1) is 5.86. The molecule has 1 saturated heterocycles. The molecule has 1 fully saturated rings. The predicted molar refractivity (Wildman–Crippen MR) is 54.7 cm³/mol. The van der Waals surface area contributed by atoms with Crippen molar-refractivity contribution in [3.8, 4) is 0 Å². The average molecular weight is 179 g/mol. The molecule has 0 saturated carbocycles. The second kappa shape index (κ2) is 4.27. The van der Waals surface area contributed by atoms with Crippen LogP contribution in [-0.4, -0.2) is 5.37 Å². The number of fused-ring (bicyclic) bond motifs is 1. The van der Waals surface area contributed by atoms with E-state index < -0.39 is 0 Å². The Hall–Kier alpha value is -0.810. The van der Waals surface area contributed by atoms with Crippen molar-refractivity contribution >= 4 is 11.8 Å². The standard InChI is InChI=1S/C8H7NS.C2H6/c1-6-9-7-4-2-3-5-8(7)10-6;1-2/h3,5-6,9H,1H3;1-2H3. The number of nitrogens with one attached hydrogen (secondary N) is 1. The number of hydrogen-bond donors (Lipinski definition) is 1. The van der Waals surface area contributed by atoms with E-state index in [0.717, 1.165) is 5.70 Å². The minimum absolute atomic E-state index is 0.488. The molecule has 0 spiro atoms. The maximum atomic E-state index is 3.27. The van der Waals surface area contributed by atoms with E-state index in [2.05, 4.69) is 29.8 Å². The van der Waals surface area contributed by atoms with Gasteiger partial charge in [0.05, 0.1) is 5.37 Å². The molecular formula is C10H13NS. The van der Waals surface area contributed by atoms with E-state index in [-0.39, 0.29) is 0 Å². The Morgan fingerprint density at radius 2 is 2.25 bits per heavy atom. The maximum absolute atomic E-state index is 3.27. The van der Waals surface area contributed by atoms with Gasteiger partial charge >= 0.3 is 0 Å². The Balaban J connectivity index is 0.000000336. The summed E-state index contributed by atoms with van der Waals surface area (Å²) in [7, 11) is 0. The first-order valence-electron chi connectivity index (χ1n) is 4.22. The zero-order chi connectivity index (χ0) is 8.97. The van der Waals surface area contributed by atoms with Gasteiger partial charge in [-0.05, 0) is 24.8 Å². The van der Waals surface area contributed by atoms with Crippen LogP contribution in [0, 0.1) is 0 Å². The third-order valence-electron chi connectivity index (χ3n) is 1.41. The van der Waals surface area contributed by atoms with E-state index in [1.165, 1.54) is 4.91 Å². The van der Waals surface area contributed by atoms with Crippen LogP contribution in [0.1, 0.15) is 20.8 Å². The highest BCUT2D eigenvalue weighted by Gasteiger charge is 2.19. The fourth-order valence-corrected chi connectivity index (χ4v) is 1.94. The molecule has 2 heteroatoms. The highest BCUT2D eigenvalue weighted by Crippen LogP contribution is 2.33. The van der Waals surface area contributed by atoms with Gasteiger partial charge in [0.15, 0.2) is 0 Å². The second-order valence-corrected chi connectivity index (χ2v) is 3.63. The molecule has 2 aliphatic rings. The fraction of sp³-hybridized carbons (Fsp3) is 0.400. The number of rotatable bonds is 0. The minimum Gasteiger partial charge on any atom is -0.365 e. The molecule has 2 rings (SSSR count). The van der Waals surface area contributed by atoms with Crippen molar-refractivity contribution in [2.75, 3.05) is 0 Å². The molecule has 1 heterocycles. The normalized spacial score (nSPS) is 23.1. The lowest BCUT2D eigenvalue weighted by Crippen LogP contribution is -2.12. The van der Waals surface area contributed by atoms with Crippen LogP contribution in [0.4, 0.5) is 0 Å². The minimum atomic E-state index is 0.488. The Kier molecular flexibility index (Phi) is 3.31. The average Bonchev–Trinajstić information content (AvgIpc) is 2.48. The molecule has 1 aliphatic heterocycles. The van der Waals surface area contributed by atoms with E-state index in [0.29, 0.717) is 5.37 Å². The monoisotopic (exact) mass is 179 g/mol. The fourth-order valence-electron chi connectivity index (χ4n) is 1.00. The van der Waals surface area contributed by atoms with Crippen LogP contribution in [0.5, 0.6) is 0 Å². The van der Waals surface area contributed by atoms with Gasteiger partial charge in [0.1, 0.15) is 5.70 Å². The molecule has 0 amide bonds. The number of allylic oxidation sites excluding steroid dienone is 2. The van der Waals surface area contributed by atoms with E-state index in [4.69, 9.17) is 0 Å². The van der Waals surface area contributed by atoms with Crippen LogP contribution in [0.3, 0.4) is 0 Å². The van der Waals surface area contributed by atoms with Gasteiger partial charge in [0, 0.05) is 4.91 Å². The zero-order valence-corrected chi connectivity index (χ0v) is 8.46. The van der Waals surface area contributed by atoms with Crippen molar-refractivity contribution in [1.82, 2.24) is 5.32 Å². The summed E-state index contributed by atoms with van der Waals surface area (Å²) in [5.41, 5.74) is 7.03. The highest BCUT2D eigenvalue weighted by atomic mass is 32.2. The SMILES string of the molecule is CC.CC1NC2=C=C=CC=C2S1. The van der Waals surface area contributed by atoms with Crippen molar-refractivity contribution in [3.63, 3.8) is 0 Å². The molecule has 64 valence electrons. The van der Waals surface area contributed by atoms with Crippen LogP contribution in [-0.2, 0) is 0 Å². The van der Waals surface area contributed by atoms with Gasteiger partial charge in [-0.1, -0.05) is 31.3 Å². The van der Waals surface area contributed by atoms with Crippen molar-refractivity contribution in [1.29, 1.82) is 0 Å². The molecular weight excluding hydrogens is 166 g/mol. The van der Waals surface area contributed by atoms with E-state index in [9.17, 15) is 0 Å². The van der Waals surface area contributed by atoms with Gasteiger partial charge in [0.25, 0.3) is 0 Å². The first-order valence-corrected chi connectivity index (χ1v) is 5.10. The van der Waals surface area contributed by atoms with Crippen LogP contribution in [0.15, 0.2) is 34.2 Å². The van der Waals surface area contributed by atoms with Gasteiger partial charge in [-0.15, -0.1) is 0 Å². The lowest BCUT2D eigenvalue weighted by atomic mass is 10.3. The molecule has 12 heavy (non-hydrogen) atoms. The van der Waals surface area contributed by atoms with Gasteiger partial charge in [0.2, 0.25) is 0 Å². The lowest BCUT2D eigenvalue weighted by molar-refractivity contribution is 0.846. The molecule has 0 aromatic rings. The maximum Gasteiger partial charge on any atom is 0.100 e. The molecule has 0 aromatic heterocycles. The van der Waals surface area contributed by atoms with Crippen molar-refractivity contribution in [2.24, 2.45) is 0 Å². The van der Waals surface area contributed by atoms with E-state index in [1.54, 1.807) is 0 Å². The molecule has 0 aromatic carbocycles. The van der Waals surface area contributed by atoms with Crippen molar-refractivity contribution in [2.45, 2.75) is 26.1 Å². The van der Waals surface area contributed by atoms with Gasteiger partial charge in [-0.25, -0.2) is 0 Å². The van der Waals surface area contributed by atoms with Crippen LogP contribution < -0.4 is 5.32 Å². The van der Waals surface area contributed by atoms with Crippen LogP contribution in [0.25, 0.3) is 0 Å². The van der Waals surface area contributed by atoms with Crippen molar-refractivity contribution < 1.29 is 0 Å². The zero-order valence-electron chi connectivity index (χ0n) is 7.64. The van der Waals surface area contributed by atoms with E-state index >= 15 is 0 Å². The summed E-state index contributed by atoms with van der Waals surface area (Å²) in [6.45, 7) is 6.14. The third kappa shape index (κ3) is 1.86. The molecule has 0 radical (unpaired) electrons. The van der Waals surface area contributed by atoms with E-state index in [1.807, 2.05) is 31.7 Å². The Morgan fingerprint density at radius 3 is 2.92 bits per heavy atom. The van der Waals surface area contributed by atoms with Gasteiger partial charge in [-0.3, -0.25) is 0 Å². The van der Waals surface area contributed by atoms with Crippen LogP contribution >= 0.6 is 11.8 Å². The molecule has 1 atom stereocenters. The number of hydrogen-bond acceptors (Lipinski definition) is 2. The van der Waals surface area contributed by atoms with Crippen LogP contribution in [0.2, 0.25) is 0 Å². The van der Waals surface area contributed by atoms with Crippen molar-refractivity contribution in [3.05, 3.63) is 34.2 Å². The summed E-state index contributed by atoms with van der Waals surface area (Å²) in [6.07, 6.45) is 3.96. The van der Waals surface area contributed by atoms with Gasteiger partial charge in [-0.2, -0.15) is 0 Å². The van der Waals surface area contributed by atoms with Gasteiger partial charge < -0.3 is 5.32 Å². The summed E-state index contributed by atoms with van der Waals surface area (Å²) < 4.78 is 0. The Bertz CT molecular complexity index is 289. The molecule has 1 aliphatic carbocycles. The first kappa shape index (κ1) is 9.28. The summed E-state index contributed by atoms with van der Waals surface area (Å²) in [6, 6.07) is 0. The molecule has 1 unspecified atom stereocenters. The summed E-state index contributed by atoms with van der Waals surface area (Å²) in [5, 5.41) is 3.76. The summed E-state index contributed by atoms with van der Waals surface area (Å²) >= 11 is 1.83. The predicted octanol–water partition coefficient (Wildman–Crippen LogP) is 2.79. The smallest absolute Gasteiger partial charge is 0.100 e. The molecule has 0 bridgehead atoms. The molecule has 1 N–H and O–H groups in total. The Morgan fingerprint density at radius 1 is 1.50 bits per heavy atom.